The molecule has 0 aliphatic heterocycles. The number of rotatable bonds is 5. The van der Waals surface area contributed by atoms with Gasteiger partial charge in [-0.1, -0.05) is 46.9 Å². The highest BCUT2D eigenvalue weighted by molar-refractivity contribution is 6.46. The molecule has 8 heteroatoms. The first-order valence-corrected chi connectivity index (χ1v) is 7.83. The zero-order valence-electron chi connectivity index (χ0n) is 12.1. The van der Waals surface area contributed by atoms with Crippen molar-refractivity contribution in [1.29, 1.82) is 0 Å². The van der Waals surface area contributed by atoms with Crippen molar-refractivity contribution in [1.82, 2.24) is 5.32 Å². The van der Waals surface area contributed by atoms with Gasteiger partial charge >= 0.3 is 5.97 Å². The van der Waals surface area contributed by atoms with E-state index in [2.05, 4.69) is 5.32 Å². The van der Waals surface area contributed by atoms with Crippen molar-refractivity contribution in [3.05, 3.63) is 68.4 Å². The Morgan fingerprint density at radius 1 is 1.00 bits per heavy atom. The summed E-state index contributed by atoms with van der Waals surface area (Å²) in [5.74, 6) is -1.75. The highest BCUT2D eigenvalue weighted by atomic mass is 35.5. The molecule has 0 fully saturated rings. The van der Waals surface area contributed by atoms with Crippen LogP contribution in [0.3, 0.4) is 0 Å². The van der Waals surface area contributed by atoms with Crippen LogP contribution in [-0.4, -0.2) is 18.5 Å². The third kappa shape index (κ3) is 4.84. The first kappa shape index (κ1) is 18.5. The molecule has 0 aliphatic carbocycles. The third-order valence-electron chi connectivity index (χ3n) is 2.99. The van der Waals surface area contributed by atoms with E-state index in [0.29, 0.717) is 5.56 Å². The minimum absolute atomic E-state index is 0.0408. The lowest BCUT2D eigenvalue weighted by Crippen LogP contribution is -2.28. The highest BCUT2D eigenvalue weighted by Gasteiger charge is 2.19. The summed E-state index contributed by atoms with van der Waals surface area (Å²) in [4.78, 5) is 23.7. The van der Waals surface area contributed by atoms with Crippen molar-refractivity contribution in [2.45, 2.75) is 6.54 Å². The number of carbonyl (C=O) groups excluding carboxylic acids is 2. The lowest BCUT2D eigenvalue weighted by atomic mass is 10.2. The maximum Gasteiger partial charge on any atom is 0.341 e. The molecule has 0 radical (unpaired) electrons. The first-order valence-electron chi connectivity index (χ1n) is 6.70. The van der Waals surface area contributed by atoms with E-state index in [4.69, 9.17) is 39.5 Å². The fraction of sp³-hybridized carbons (Fsp3) is 0.125. The molecular formula is C16H11Cl3FNO3. The largest absolute Gasteiger partial charge is 0.452 e. The van der Waals surface area contributed by atoms with E-state index in [0.717, 1.165) is 0 Å². The zero-order valence-corrected chi connectivity index (χ0v) is 14.4. The topological polar surface area (TPSA) is 55.4 Å². The van der Waals surface area contributed by atoms with Crippen molar-refractivity contribution in [3.8, 4) is 0 Å². The highest BCUT2D eigenvalue weighted by Crippen LogP contribution is 2.31. The second-order valence-electron chi connectivity index (χ2n) is 4.70. The van der Waals surface area contributed by atoms with Crippen LogP contribution in [0.15, 0.2) is 36.4 Å². The van der Waals surface area contributed by atoms with Gasteiger partial charge in [0.2, 0.25) is 0 Å². The van der Waals surface area contributed by atoms with Gasteiger partial charge in [-0.2, -0.15) is 0 Å². The molecule has 2 aromatic carbocycles. The number of halogens is 4. The SMILES string of the molecule is O=C(COC(=O)c1c(Cl)ccc(Cl)c1Cl)NCc1ccc(F)cc1. The van der Waals surface area contributed by atoms with Gasteiger partial charge in [0.25, 0.3) is 5.91 Å². The Bertz CT molecular complexity index is 766. The van der Waals surface area contributed by atoms with Crippen LogP contribution in [0.2, 0.25) is 15.1 Å². The number of benzene rings is 2. The van der Waals surface area contributed by atoms with Crippen molar-refractivity contribution >= 4 is 46.7 Å². The molecule has 1 amide bonds. The van der Waals surface area contributed by atoms with Crippen LogP contribution < -0.4 is 5.32 Å². The normalized spacial score (nSPS) is 10.3. The van der Waals surface area contributed by atoms with E-state index in [-0.39, 0.29) is 33.0 Å². The first-order chi connectivity index (χ1) is 11.4. The number of hydrogen-bond acceptors (Lipinski definition) is 3. The number of ether oxygens (including phenoxy) is 1. The van der Waals surface area contributed by atoms with Gasteiger partial charge in [0.05, 0.1) is 20.6 Å². The van der Waals surface area contributed by atoms with Crippen LogP contribution in [0.1, 0.15) is 15.9 Å². The molecule has 2 aromatic rings. The Morgan fingerprint density at radius 2 is 1.62 bits per heavy atom. The Balaban J connectivity index is 1.89. The van der Waals surface area contributed by atoms with Gasteiger partial charge in [-0.25, -0.2) is 9.18 Å². The Labute approximate surface area is 152 Å². The van der Waals surface area contributed by atoms with Gasteiger partial charge in [-0.3, -0.25) is 4.79 Å². The monoisotopic (exact) mass is 389 g/mol. The van der Waals surface area contributed by atoms with E-state index >= 15 is 0 Å². The molecule has 4 nitrogen and oxygen atoms in total. The Hall–Kier alpha value is -1.82. The average molecular weight is 391 g/mol. The lowest BCUT2D eigenvalue weighted by molar-refractivity contribution is -0.124. The van der Waals surface area contributed by atoms with Crippen molar-refractivity contribution in [2.24, 2.45) is 0 Å². The summed E-state index contributed by atoms with van der Waals surface area (Å²) in [6.45, 7) is -0.339. The van der Waals surface area contributed by atoms with E-state index in [1.807, 2.05) is 0 Å². The molecule has 0 saturated carbocycles. The van der Waals surface area contributed by atoms with Crippen molar-refractivity contribution in [3.63, 3.8) is 0 Å². The van der Waals surface area contributed by atoms with Crippen LogP contribution >= 0.6 is 34.8 Å². The number of carbonyl (C=O) groups is 2. The molecule has 0 aromatic heterocycles. The predicted octanol–water partition coefficient (Wildman–Crippen LogP) is 4.26. The Morgan fingerprint density at radius 3 is 2.29 bits per heavy atom. The molecule has 126 valence electrons. The van der Waals surface area contributed by atoms with Crippen LogP contribution in [0, 0.1) is 5.82 Å². The fourth-order valence-electron chi connectivity index (χ4n) is 1.77. The summed E-state index contributed by atoms with van der Waals surface area (Å²) in [5.41, 5.74) is 0.606. The van der Waals surface area contributed by atoms with Gasteiger partial charge in [0.15, 0.2) is 6.61 Å². The van der Waals surface area contributed by atoms with Gasteiger partial charge in [-0.15, -0.1) is 0 Å². The molecule has 1 N–H and O–H groups in total. The number of nitrogens with one attached hydrogen (secondary N) is 1. The smallest absolute Gasteiger partial charge is 0.341 e. The number of esters is 1. The second kappa shape index (κ2) is 8.33. The quantitative estimate of drug-likeness (QED) is 0.613. The maximum atomic E-state index is 12.8. The minimum Gasteiger partial charge on any atom is -0.452 e. The zero-order chi connectivity index (χ0) is 17.7. The van der Waals surface area contributed by atoms with Gasteiger partial charge in [0.1, 0.15) is 5.82 Å². The Kier molecular flexibility index (Phi) is 6.43. The molecule has 0 unspecified atom stereocenters. The molecule has 0 saturated heterocycles. The van der Waals surface area contributed by atoms with Crippen LogP contribution in [0.25, 0.3) is 0 Å². The summed E-state index contributed by atoms with van der Waals surface area (Å²) in [6, 6.07) is 8.48. The van der Waals surface area contributed by atoms with Crippen LogP contribution in [-0.2, 0) is 16.1 Å². The molecule has 2 rings (SSSR count). The maximum absolute atomic E-state index is 12.8. The molecule has 24 heavy (non-hydrogen) atoms. The van der Waals surface area contributed by atoms with Gasteiger partial charge < -0.3 is 10.1 Å². The standard InChI is InChI=1S/C16H11Cl3FNO3/c17-11-5-6-12(18)15(19)14(11)16(23)24-8-13(22)21-7-9-1-3-10(20)4-2-9/h1-6H,7-8H2,(H,21,22). The van der Waals surface area contributed by atoms with E-state index < -0.39 is 18.5 Å². The average Bonchev–Trinajstić information content (AvgIpc) is 2.56. The van der Waals surface area contributed by atoms with Gasteiger partial charge in [0, 0.05) is 6.54 Å². The van der Waals surface area contributed by atoms with Crippen LogP contribution in [0.5, 0.6) is 0 Å². The third-order valence-corrected chi connectivity index (χ3v) is 4.10. The van der Waals surface area contributed by atoms with Crippen molar-refractivity contribution in [2.75, 3.05) is 6.61 Å². The van der Waals surface area contributed by atoms with E-state index in [1.54, 1.807) is 0 Å². The number of amides is 1. The second-order valence-corrected chi connectivity index (χ2v) is 5.89. The molecule has 0 aliphatic rings. The summed E-state index contributed by atoms with van der Waals surface area (Å²) in [6.07, 6.45) is 0. The van der Waals surface area contributed by atoms with E-state index in [9.17, 15) is 14.0 Å². The summed E-state index contributed by atoms with van der Waals surface area (Å²) < 4.78 is 17.6. The van der Waals surface area contributed by atoms with Gasteiger partial charge in [-0.05, 0) is 29.8 Å². The summed E-state index contributed by atoms with van der Waals surface area (Å²) in [5, 5.41) is 2.71. The molecular weight excluding hydrogens is 380 g/mol. The molecule has 0 atom stereocenters. The lowest BCUT2D eigenvalue weighted by Gasteiger charge is -2.09. The van der Waals surface area contributed by atoms with Crippen LogP contribution in [0.4, 0.5) is 4.39 Å². The summed E-state index contributed by atoms with van der Waals surface area (Å²) in [7, 11) is 0. The fourth-order valence-corrected chi connectivity index (χ4v) is 2.45. The summed E-state index contributed by atoms with van der Waals surface area (Å²) >= 11 is 17.6. The number of hydrogen-bond donors (Lipinski definition) is 1. The minimum atomic E-state index is -0.857. The molecule has 0 bridgehead atoms. The predicted molar refractivity (Wildman–Crippen MR) is 90.0 cm³/mol. The van der Waals surface area contributed by atoms with E-state index in [1.165, 1.54) is 36.4 Å². The molecule has 0 heterocycles. The molecule has 0 spiro atoms. The van der Waals surface area contributed by atoms with Crippen molar-refractivity contribution < 1.29 is 18.7 Å².